The molecule has 2 rings (SSSR count). The monoisotopic (exact) mass is 235 g/mol. The minimum atomic E-state index is -0.277. The molecule has 4 heteroatoms. The number of benzene rings is 1. The molecule has 3 nitrogen and oxygen atoms in total. The molecule has 1 saturated heterocycles. The Balaban J connectivity index is 1.87. The summed E-state index contributed by atoms with van der Waals surface area (Å²) in [7, 11) is 0. The number of hydrogen-bond donors (Lipinski definition) is 1. The Labute approximate surface area is 98.6 Å². The summed E-state index contributed by atoms with van der Waals surface area (Å²) in [6.07, 6.45) is 1.10. The second kappa shape index (κ2) is 5.16. The number of carbonyl (C=O) groups excluding carboxylic acids is 2. The Morgan fingerprint density at radius 2 is 2.12 bits per heavy atom. The summed E-state index contributed by atoms with van der Waals surface area (Å²) >= 11 is 1.30. The molecule has 1 fully saturated rings. The van der Waals surface area contributed by atoms with E-state index in [2.05, 4.69) is 5.32 Å². The van der Waals surface area contributed by atoms with E-state index < -0.39 is 0 Å². The fourth-order valence-corrected chi connectivity index (χ4v) is 2.59. The van der Waals surface area contributed by atoms with Crippen molar-refractivity contribution in [2.75, 3.05) is 5.75 Å². The molecule has 0 aliphatic carbocycles. The standard InChI is InChI=1S/C12H13NO2S/c14-11(8-9-4-2-1-3-5-9)13-10-6-7-16-12(10)15/h1-5,10H,6-8H2,(H,13,14)/t10-/m0/s1. The van der Waals surface area contributed by atoms with Crippen LogP contribution >= 0.6 is 11.8 Å². The highest BCUT2D eigenvalue weighted by molar-refractivity contribution is 8.14. The van der Waals surface area contributed by atoms with Crippen molar-refractivity contribution >= 4 is 22.8 Å². The third-order valence-electron chi connectivity index (χ3n) is 2.48. The SMILES string of the molecule is O=C(Cc1ccccc1)N[C@H]1CCSC1=O. The van der Waals surface area contributed by atoms with Crippen LogP contribution in [0.3, 0.4) is 0 Å². The first-order chi connectivity index (χ1) is 7.75. The molecular weight excluding hydrogens is 222 g/mol. The van der Waals surface area contributed by atoms with Crippen molar-refractivity contribution in [2.24, 2.45) is 0 Å². The van der Waals surface area contributed by atoms with Gasteiger partial charge in [0.2, 0.25) is 11.0 Å². The van der Waals surface area contributed by atoms with Gasteiger partial charge in [-0.3, -0.25) is 9.59 Å². The van der Waals surface area contributed by atoms with Crippen LogP contribution in [0.5, 0.6) is 0 Å². The lowest BCUT2D eigenvalue weighted by atomic mass is 10.1. The van der Waals surface area contributed by atoms with Gasteiger partial charge in [0.25, 0.3) is 0 Å². The Morgan fingerprint density at radius 1 is 1.38 bits per heavy atom. The van der Waals surface area contributed by atoms with Gasteiger partial charge >= 0.3 is 0 Å². The van der Waals surface area contributed by atoms with Gasteiger partial charge in [0.1, 0.15) is 0 Å². The number of amides is 1. The van der Waals surface area contributed by atoms with Crippen LogP contribution in [0, 0.1) is 0 Å². The highest BCUT2D eigenvalue weighted by Gasteiger charge is 2.26. The molecule has 1 atom stereocenters. The molecule has 0 radical (unpaired) electrons. The fraction of sp³-hybridized carbons (Fsp3) is 0.333. The number of nitrogens with one attached hydrogen (secondary N) is 1. The average Bonchev–Trinajstić information content (AvgIpc) is 2.66. The predicted molar refractivity (Wildman–Crippen MR) is 64.2 cm³/mol. The molecule has 1 aliphatic heterocycles. The second-order valence-corrected chi connectivity index (χ2v) is 4.84. The Hall–Kier alpha value is -1.29. The van der Waals surface area contributed by atoms with Gasteiger partial charge in [-0.1, -0.05) is 42.1 Å². The zero-order valence-electron chi connectivity index (χ0n) is 8.81. The number of rotatable bonds is 3. The minimum Gasteiger partial charge on any atom is -0.345 e. The van der Waals surface area contributed by atoms with Crippen LogP contribution in [0.1, 0.15) is 12.0 Å². The Bertz CT molecular complexity index is 391. The van der Waals surface area contributed by atoms with Gasteiger partial charge in [0.05, 0.1) is 12.5 Å². The molecule has 1 amide bonds. The third kappa shape index (κ3) is 2.85. The van der Waals surface area contributed by atoms with Crippen LogP contribution in [-0.2, 0) is 16.0 Å². The fourth-order valence-electron chi connectivity index (χ4n) is 1.65. The summed E-state index contributed by atoms with van der Waals surface area (Å²) in [6, 6.07) is 9.26. The smallest absolute Gasteiger partial charge is 0.225 e. The summed E-state index contributed by atoms with van der Waals surface area (Å²) in [5.74, 6) is 0.738. The van der Waals surface area contributed by atoms with Crippen molar-refractivity contribution in [2.45, 2.75) is 18.9 Å². The quantitative estimate of drug-likeness (QED) is 0.861. The van der Waals surface area contributed by atoms with Crippen LogP contribution in [0.25, 0.3) is 0 Å². The maximum atomic E-state index is 11.6. The van der Waals surface area contributed by atoms with Gasteiger partial charge < -0.3 is 5.32 Å². The average molecular weight is 235 g/mol. The first kappa shape index (κ1) is 11.2. The molecule has 16 heavy (non-hydrogen) atoms. The summed E-state index contributed by atoms with van der Waals surface area (Å²) in [4.78, 5) is 23.0. The van der Waals surface area contributed by atoms with Gasteiger partial charge in [0, 0.05) is 5.75 Å². The maximum Gasteiger partial charge on any atom is 0.225 e. The van der Waals surface area contributed by atoms with E-state index in [9.17, 15) is 9.59 Å². The zero-order valence-corrected chi connectivity index (χ0v) is 9.63. The van der Waals surface area contributed by atoms with E-state index in [0.29, 0.717) is 6.42 Å². The van der Waals surface area contributed by atoms with Crippen molar-refractivity contribution in [3.05, 3.63) is 35.9 Å². The number of carbonyl (C=O) groups is 2. The predicted octanol–water partition coefficient (Wildman–Crippen LogP) is 1.38. The molecule has 0 saturated carbocycles. The molecule has 0 spiro atoms. The van der Waals surface area contributed by atoms with Crippen molar-refractivity contribution < 1.29 is 9.59 Å². The number of hydrogen-bond acceptors (Lipinski definition) is 3. The van der Waals surface area contributed by atoms with E-state index in [1.54, 1.807) is 0 Å². The highest BCUT2D eigenvalue weighted by atomic mass is 32.2. The van der Waals surface area contributed by atoms with E-state index in [-0.39, 0.29) is 17.1 Å². The van der Waals surface area contributed by atoms with E-state index in [0.717, 1.165) is 17.7 Å². The van der Waals surface area contributed by atoms with Crippen LogP contribution < -0.4 is 5.32 Å². The lowest BCUT2D eigenvalue weighted by Crippen LogP contribution is -2.38. The second-order valence-electron chi connectivity index (χ2n) is 3.74. The summed E-state index contributed by atoms with van der Waals surface area (Å²) < 4.78 is 0. The minimum absolute atomic E-state index is 0.0768. The lowest BCUT2D eigenvalue weighted by Gasteiger charge is -2.09. The Morgan fingerprint density at radius 3 is 2.75 bits per heavy atom. The summed E-state index contributed by atoms with van der Waals surface area (Å²) in [5, 5.41) is 2.85. The molecule has 84 valence electrons. The zero-order chi connectivity index (χ0) is 11.4. The van der Waals surface area contributed by atoms with Crippen molar-refractivity contribution in [1.82, 2.24) is 5.32 Å². The van der Waals surface area contributed by atoms with Crippen molar-refractivity contribution in [3.8, 4) is 0 Å². The van der Waals surface area contributed by atoms with Crippen LogP contribution in [0.4, 0.5) is 0 Å². The molecule has 1 heterocycles. The van der Waals surface area contributed by atoms with E-state index in [4.69, 9.17) is 0 Å². The maximum absolute atomic E-state index is 11.6. The summed E-state index contributed by atoms with van der Waals surface area (Å²) in [5.41, 5.74) is 0.970. The molecule has 1 aromatic rings. The van der Waals surface area contributed by atoms with Gasteiger partial charge in [-0.15, -0.1) is 0 Å². The van der Waals surface area contributed by atoms with Crippen LogP contribution in [0.15, 0.2) is 30.3 Å². The first-order valence-electron chi connectivity index (χ1n) is 5.25. The topological polar surface area (TPSA) is 46.2 Å². The van der Waals surface area contributed by atoms with Gasteiger partial charge in [-0.25, -0.2) is 0 Å². The normalized spacial score (nSPS) is 19.8. The van der Waals surface area contributed by atoms with Crippen LogP contribution in [-0.4, -0.2) is 22.8 Å². The first-order valence-corrected chi connectivity index (χ1v) is 6.24. The van der Waals surface area contributed by atoms with Crippen molar-refractivity contribution in [3.63, 3.8) is 0 Å². The molecule has 0 aromatic heterocycles. The van der Waals surface area contributed by atoms with Gasteiger partial charge in [-0.2, -0.15) is 0 Å². The molecule has 1 aromatic carbocycles. The largest absolute Gasteiger partial charge is 0.345 e. The highest BCUT2D eigenvalue weighted by Crippen LogP contribution is 2.19. The summed E-state index contributed by atoms with van der Waals surface area (Å²) in [6.45, 7) is 0. The molecular formula is C12H13NO2S. The van der Waals surface area contributed by atoms with E-state index in [1.807, 2.05) is 30.3 Å². The number of thioether (sulfide) groups is 1. The van der Waals surface area contributed by atoms with Crippen molar-refractivity contribution in [1.29, 1.82) is 0 Å². The van der Waals surface area contributed by atoms with Gasteiger partial charge in [0.15, 0.2) is 0 Å². The molecule has 0 bridgehead atoms. The molecule has 1 N–H and O–H groups in total. The van der Waals surface area contributed by atoms with E-state index >= 15 is 0 Å². The third-order valence-corrected chi connectivity index (χ3v) is 3.49. The molecule has 1 aliphatic rings. The lowest BCUT2D eigenvalue weighted by molar-refractivity contribution is -0.124. The molecule has 0 unspecified atom stereocenters. The van der Waals surface area contributed by atoms with Crippen LogP contribution in [0.2, 0.25) is 0 Å². The van der Waals surface area contributed by atoms with E-state index in [1.165, 1.54) is 11.8 Å². The van der Waals surface area contributed by atoms with Gasteiger partial charge in [-0.05, 0) is 12.0 Å². The Kier molecular flexibility index (Phi) is 3.62.